The van der Waals surface area contributed by atoms with E-state index in [4.69, 9.17) is 4.74 Å². The van der Waals surface area contributed by atoms with Gasteiger partial charge in [0.05, 0.1) is 7.11 Å². The van der Waals surface area contributed by atoms with Crippen molar-refractivity contribution in [2.75, 3.05) is 7.11 Å². The first-order valence-electron chi connectivity index (χ1n) is 9.24. The van der Waals surface area contributed by atoms with E-state index in [1.54, 1.807) is 18.2 Å². The fourth-order valence-electron chi connectivity index (χ4n) is 2.91. The summed E-state index contributed by atoms with van der Waals surface area (Å²) in [6, 6.07) is 11.6. The molecular formula is C22H25FN2O4. The van der Waals surface area contributed by atoms with Crippen LogP contribution in [0.2, 0.25) is 0 Å². The van der Waals surface area contributed by atoms with E-state index in [-0.39, 0.29) is 18.4 Å². The van der Waals surface area contributed by atoms with Gasteiger partial charge in [-0.3, -0.25) is 9.59 Å². The van der Waals surface area contributed by atoms with Crippen LogP contribution in [0.4, 0.5) is 4.39 Å². The minimum absolute atomic E-state index is 0.0451. The van der Waals surface area contributed by atoms with Crippen molar-refractivity contribution in [2.45, 2.75) is 38.8 Å². The molecule has 0 saturated carbocycles. The average Bonchev–Trinajstić information content (AvgIpc) is 2.69. The van der Waals surface area contributed by atoms with Gasteiger partial charge in [-0.15, -0.1) is 0 Å². The summed E-state index contributed by atoms with van der Waals surface area (Å²) in [5.74, 6) is -2.10. The fraction of sp³-hybridized carbons (Fsp3) is 0.318. The summed E-state index contributed by atoms with van der Waals surface area (Å²) in [4.78, 5) is 36.6. The Bertz CT molecular complexity index is 867. The zero-order valence-corrected chi connectivity index (χ0v) is 16.7. The molecule has 0 radical (unpaired) electrons. The quantitative estimate of drug-likeness (QED) is 0.665. The van der Waals surface area contributed by atoms with Crippen LogP contribution in [0.15, 0.2) is 48.5 Å². The van der Waals surface area contributed by atoms with Gasteiger partial charge < -0.3 is 15.4 Å². The molecular weight excluding hydrogens is 375 g/mol. The van der Waals surface area contributed by atoms with Gasteiger partial charge in [0.2, 0.25) is 11.8 Å². The highest BCUT2D eigenvalue weighted by Gasteiger charge is 2.27. The van der Waals surface area contributed by atoms with E-state index in [0.717, 1.165) is 11.1 Å². The van der Waals surface area contributed by atoms with Crippen molar-refractivity contribution in [3.8, 4) is 0 Å². The van der Waals surface area contributed by atoms with Gasteiger partial charge in [0.25, 0.3) is 0 Å². The highest BCUT2D eigenvalue weighted by atomic mass is 19.1. The fourth-order valence-corrected chi connectivity index (χ4v) is 2.91. The molecule has 2 aromatic rings. The number of aryl methyl sites for hydroxylation is 1. The molecule has 29 heavy (non-hydrogen) atoms. The highest BCUT2D eigenvalue weighted by molar-refractivity contribution is 5.90. The predicted molar refractivity (Wildman–Crippen MR) is 107 cm³/mol. The molecule has 0 aromatic heterocycles. The molecule has 2 rings (SSSR count). The number of hydrogen-bond acceptors (Lipinski definition) is 4. The van der Waals surface area contributed by atoms with Crippen LogP contribution in [0.3, 0.4) is 0 Å². The van der Waals surface area contributed by atoms with E-state index in [9.17, 15) is 18.8 Å². The Kier molecular flexibility index (Phi) is 7.88. The third-order valence-corrected chi connectivity index (χ3v) is 4.44. The lowest BCUT2D eigenvalue weighted by molar-refractivity contribution is -0.145. The molecule has 6 nitrogen and oxygen atoms in total. The Hall–Kier alpha value is -3.22. The van der Waals surface area contributed by atoms with Crippen molar-refractivity contribution >= 4 is 17.8 Å². The largest absolute Gasteiger partial charge is 0.467 e. The minimum Gasteiger partial charge on any atom is -0.467 e. The molecule has 0 aliphatic carbocycles. The molecule has 0 spiro atoms. The van der Waals surface area contributed by atoms with Crippen LogP contribution in [-0.4, -0.2) is 37.0 Å². The van der Waals surface area contributed by atoms with Crippen molar-refractivity contribution < 1.29 is 23.5 Å². The number of amides is 2. The Labute approximate surface area is 169 Å². The molecule has 0 heterocycles. The van der Waals surface area contributed by atoms with E-state index in [2.05, 4.69) is 10.6 Å². The minimum atomic E-state index is -1.03. The van der Waals surface area contributed by atoms with Crippen LogP contribution >= 0.6 is 0 Å². The van der Waals surface area contributed by atoms with Gasteiger partial charge in [-0.05, 0) is 24.1 Å². The van der Waals surface area contributed by atoms with Gasteiger partial charge >= 0.3 is 5.97 Å². The number of rotatable bonds is 8. The van der Waals surface area contributed by atoms with Crippen LogP contribution in [-0.2, 0) is 32.0 Å². The molecule has 7 heteroatoms. The van der Waals surface area contributed by atoms with E-state index >= 15 is 0 Å². The Morgan fingerprint density at radius 1 is 0.966 bits per heavy atom. The van der Waals surface area contributed by atoms with Crippen molar-refractivity contribution in [1.29, 1.82) is 0 Å². The van der Waals surface area contributed by atoms with Crippen molar-refractivity contribution in [3.63, 3.8) is 0 Å². The first-order valence-corrected chi connectivity index (χ1v) is 9.24. The Balaban J connectivity index is 2.17. The number of methoxy groups -OCH3 is 1. The lowest BCUT2D eigenvalue weighted by Gasteiger charge is -2.22. The molecule has 0 unspecified atom stereocenters. The summed E-state index contributed by atoms with van der Waals surface area (Å²) in [6.45, 7) is 3.22. The third-order valence-electron chi connectivity index (χ3n) is 4.44. The van der Waals surface area contributed by atoms with Gasteiger partial charge in [0.15, 0.2) is 0 Å². The lowest BCUT2D eigenvalue weighted by Crippen LogP contribution is -2.53. The number of nitrogens with one attached hydrogen (secondary N) is 2. The van der Waals surface area contributed by atoms with E-state index in [0.29, 0.717) is 0 Å². The summed E-state index contributed by atoms with van der Waals surface area (Å²) in [5, 5.41) is 5.14. The van der Waals surface area contributed by atoms with Crippen molar-refractivity contribution in [2.24, 2.45) is 0 Å². The second kappa shape index (κ2) is 10.4. The number of esters is 1. The van der Waals surface area contributed by atoms with E-state index in [1.165, 1.54) is 20.1 Å². The number of halogens is 1. The molecule has 0 saturated heterocycles. The second-order valence-electron chi connectivity index (χ2n) is 6.82. The molecule has 0 aliphatic heterocycles. The SMILES string of the molecule is COC(=O)[C@H](Cc1ccc(C)cc1)NC(=O)[C@@H](Cc1ccccc1F)NC(C)=O. The number of hydrogen-bond donors (Lipinski definition) is 2. The molecule has 2 N–H and O–H groups in total. The number of benzene rings is 2. The number of carbonyl (C=O) groups is 3. The van der Waals surface area contributed by atoms with Gasteiger partial charge in [-0.1, -0.05) is 48.0 Å². The first-order chi connectivity index (χ1) is 13.8. The smallest absolute Gasteiger partial charge is 0.328 e. The number of carbonyl (C=O) groups excluding carboxylic acids is 3. The molecule has 0 fully saturated rings. The maximum Gasteiger partial charge on any atom is 0.328 e. The molecule has 154 valence electrons. The van der Waals surface area contributed by atoms with Crippen LogP contribution in [0.1, 0.15) is 23.6 Å². The summed E-state index contributed by atoms with van der Waals surface area (Å²) in [5.41, 5.74) is 2.20. The van der Waals surface area contributed by atoms with Gasteiger partial charge in [0, 0.05) is 19.8 Å². The van der Waals surface area contributed by atoms with Gasteiger partial charge in [0.1, 0.15) is 17.9 Å². The highest BCUT2D eigenvalue weighted by Crippen LogP contribution is 2.11. The number of ether oxygens (including phenoxy) is 1. The lowest BCUT2D eigenvalue weighted by atomic mass is 10.0. The molecule has 2 atom stereocenters. The summed E-state index contributed by atoms with van der Waals surface area (Å²) >= 11 is 0. The monoisotopic (exact) mass is 400 g/mol. The maximum atomic E-state index is 14.0. The molecule has 2 aromatic carbocycles. The Morgan fingerprint density at radius 3 is 2.21 bits per heavy atom. The van der Waals surface area contributed by atoms with E-state index in [1.807, 2.05) is 31.2 Å². The van der Waals surface area contributed by atoms with Crippen molar-refractivity contribution in [3.05, 3.63) is 71.0 Å². The standard InChI is InChI=1S/C22H25FN2O4/c1-14-8-10-16(11-9-14)12-20(22(28)29-3)25-21(27)19(24-15(2)26)13-17-6-4-5-7-18(17)23/h4-11,19-20H,12-13H2,1-3H3,(H,24,26)(H,25,27)/t19-,20+/m1/s1. The zero-order chi connectivity index (χ0) is 21.4. The van der Waals surface area contributed by atoms with Gasteiger partial charge in [-0.25, -0.2) is 9.18 Å². The molecule has 2 amide bonds. The predicted octanol–water partition coefficient (Wildman–Crippen LogP) is 2.08. The maximum absolute atomic E-state index is 14.0. The normalized spacial score (nSPS) is 12.6. The average molecular weight is 400 g/mol. The van der Waals surface area contributed by atoms with Crippen LogP contribution in [0, 0.1) is 12.7 Å². The topological polar surface area (TPSA) is 84.5 Å². The van der Waals surface area contributed by atoms with Crippen molar-refractivity contribution in [1.82, 2.24) is 10.6 Å². The third kappa shape index (κ3) is 6.71. The van der Waals surface area contributed by atoms with Crippen LogP contribution in [0.25, 0.3) is 0 Å². The van der Waals surface area contributed by atoms with Crippen LogP contribution < -0.4 is 10.6 Å². The Morgan fingerprint density at radius 2 is 1.62 bits per heavy atom. The van der Waals surface area contributed by atoms with Gasteiger partial charge in [-0.2, -0.15) is 0 Å². The first kappa shape index (κ1) is 22.1. The molecule has 0 aliphatic rings. The summed E-state index contributed by atoms with van der Waals surface area (Å²) in [6.07, 6.45) is 0.182. The second-order valence-corrected chi connectivity index (χ2v) is 6.82. The molecule has 0 bridgehead atoms. The summed E-state index contributed by atoms with van der Waals surface area (Å²) in [7, 11) is 1.24. The van der Waals surface area contributed by atoms with E-state index < -0.39 is 35.7 Å². The zero-order valence-electron chi connectivity index (χ0n) is 16.7. The van der Waals surface area contributed by atoms with Crippen LogP contribution in [0.5, 0.6) is 0 Å². The summed E-state index contributed by atoms with van der Waals surface area (Å²) < 4.78 is 18.8.